The van der Waals surface area contributed by atoms with Gasteiger partial charge in [0.05, 0.1) is 0 Å². The Morgan fingerprint density at radius 2 is 1.88 bits per heavy atom. The van der Waals surface area contributed by atoms with E-state index in [1.807, 2.05) is 14.0 Å². The number of fused-ring (bicyclic) bond motifs is 2. The summed E-state index contributed by atoms with van der Waals surface area (Å²) in [5.41, 5.74) is -0.790. The topological polar surface area (TPSA) is 81.8 Å². The highest BCUT2D eigenvalue weighted by molar-refractivity contribution is 6.09. The zero-order chi connectivity index (χ0) is 18.5. The van der Waals surface area contributed by atoms with Gasteiger partial charge in [-0.2, -0.15) is 0 Å². The van der Waals surface area contributed by atoms with Crippen LogP contribution in [0.15, 0.2) is 0 Å². The minimum absolute atomic E-state index is 0.116. The van der Waals surface area contributed by atoms with E-state index in [-0.39, 0.29) is 30.3 Å². The SMILES string of the molecule is CC1CCCCC12NC(=O)N(CC(=O)N(C)C1CC3CCC(C1)N3)C2=O. The summed E-state index contributed by atoms with van der Waals surface area (Å²) >= 11 is 0. The van der Waals surface area contributed by atoms with Crippen molar-refractivity contribution in [2.24, 2.45) is 5.92 Å². The first-order valence-corrected chi connectivity index (χ1v) is 10.1. The molecule has 1 spiro atoms. The number of hydrogen-bond acceptors (Lipinski definition) is 4. The lowest BCUT2D eigenvalue weighted by molar-refractivity contribution is -0.141. The Labute approximate surface area is 154 Å². The fraction of sp³-hybridized carbons (Fsp3) is 0.842. The smallest absolute Gasteiger partial charge is 0.325 e. The van der Waals surface area contributed by atoms with Gasteiger partial charge in [0.2, 0.25) is 5.91 Å². The molecule has 0 aromatic carbocycles. The zero-order valence-electron chi connectivity index (χ0n) is 15.8. The third kappa shape index (κ3) is 2.80. The second-order valence-electron chi connectivity index (χ2n) is 8.71. The van der Waals surface area contributed by atoms with Gasteiger partial charge in [-0.25, -0.2) is 4.79 Å². The molecule has 0 radical (unpaired) electrons. The minimum atomic E-state index is -0.790. The van der Waals surface area contributed by atoms with Gasteiger partial charge in [0, 0.05) is 25.2 Å². The van der Waals surface area contributed by atoms with Gasteiger partial charge in [-0.3, -0.25) is 14.5 Å². The predicted molar refractivity (Wildman–Crippen MR) is 96.3 cm³/mol. The molecule has 144 valence electrons. The molecule has 26 heavy (non-hydrogen) atoms. The van der Waals surface area contributed by atoms with E-state index in [2.05, 4.69) is 10.6 Å². The van der Waals surface area contributed by atoms with E-state index in [0.29, 0.717) is 18.5 Å². The quantitative estimate of drug-likeness (QED) is 0.740. The van der Waals surface area contributed by atoms with Crippen molar-refractivity contribution < 1.29 is 14.4 Å². The van der Waals surface area contributed by atoms with Gasteiger partial charge >= 0.3 is 6.03 Å². The van der Waals surface area contributed by atoms with E-state index in [1.165, 1.54) is 12.8 Å². The molecule has 4 aliphatic rings. The van der Waals surface area contributed by atoms with Gasteiger partial charge in [0.25, 0.3) is 5.91 Å². The molecule has 3 heterocycles. The summed E-state index contributed by atoms with van der Waals surface area (Å²) in [4.78, 5) is 41.2. The van der Waals surface area contributed by atoms with Crippen LogP contribution in [0.5, 0.6) is 0 Å². The summed E-state index contributed by atoms with van der Waals surface area (Å²) < 4.78 is 0. The third-order valence-corrected chi connectivity index (χ3v) is 7.18. The maximum atomic E-state index is 13.0. The van der Waals surface area contributed by atoms with Crippen LogP contribution in [0.1, 0.15) is 58.3 Å². The molecule has 4 atom stereocenters. The van der Waals surface area contributed by atoms with Crippen LogP contribution in [0.4, 0.5) is 4.79 Å². The molecule has 1 saturated carbocycles. The Morgan fingerprint density at radius 3 is 2.54 bits per heavy atom. The normalized spacial score (nSPS) is 39.4. The van der Waals surface area contributed by atoms with E-state index >= 15 is 0 Å². The molecule has 4 rings (SSSR count). The van der Waals surface area contributed by atoms with Gasteiger partial charge < -0.3 is 15.5 Å². The number of nitrogens with one attached hydrogen (secondary N) is 2. The first kappa shape index (κ1) is 17.8. The van der Waals surface area contributed by atoms with Gasteiger partial charge in [-0.05, 0) is 44.4 Å². The number of nitrogens with zero attached hydrogens (tertiary/aromatic N) is 2. The molecule has 2 N–H and O–H groups in total. The highest BCUT2D eigenvalue weighted by Gasteiger charge is 2.55. The van der Waals surface area contributed by atoms with Crippen LogP contribution in [-0.2, 0) is 9.59 Å². The van der Waals surface area contributed by atoms with Crippen molar-refractivity contribution >= 4 is 17.8 Å². The maximum absolute atomic E-state index is 13.0. The molecule has 4 fully saturated rings. The molecule has 3 saturated heterocycles. The van der Waals surface area contributed by atoms with Crippen molar-refractivity contribution in [1.29, 1.82) is 0 Å². The van der Waals surface area contributed by atoms with Crippen LogP contribution in [0, 0.1) is 5.92 Å². The number of imide groups is 1. The van der Waals surface area contributed by atoms with Crippen molar-refractivity contribution in [2.45, 2.75) is 82.0 Å². The molecule has 7 heteroatoms. The molecule has 4 amide bonds. The van der Waals surface area contributed by atoms with Crippen molar-refractivity contribution in [1.82, 2.24) is 20.4 Å². The summed E-state index contributed by atoms with van der Waals surface area (Å²) in [7, 11) is 1.81. The average Bonchev–Trinajstić information content (AvgIpc) is 3.08. The van der Waals surface area contributed by atoms with Crippen LogP contribution in [0.25, 0.3) is 0 Å². The number of rotatable bonds is 3. The van der Waals surface area contributed by atoms with Gasteiger partial charge in [0.1, 0.15) is 12.1 Å². The first-order valence-electron chi connectivity index (χ1n) is 10.1. The predicted octanol–water partition coefficient (Wildman–Crippen LogP) is 1.23. The van der Waals surface area contributed by atoms with E-state index in [4.69, 9.17) is 0 Å². The molecule has 3 aliphatic heterocycles. The number of urea groups is 1. The van der Waals surface area contributed by atoms with Crippen molar-refractivity contribution in [3.8, 4) is 0 Å². The average molecular weight is 362 g/mol. The van der Waals surface area contributed by atoms with Crippen molar-refractivity contribution in [2.75, 3.05) is 13.6 Å². The van der Waals surface area contributed by atoms with Gasteiger partial charge in [-0.1, -0.05) is 19.8 Å². The Kier molecular flexibility index (Phi) is 4.45. The number of carbonyl (C=O) groups excluding carboxylic acids is 3. The molecule has 0 aromatic heterocycles. The lowest BCUT2D eigenvalue weighted by Crippen LogP contribution is -2.54. The molecular weight excluding hydrogens is 332 g/mol. The van der Waals surface area contributed by atoms with Crippen LogP contribution in [0.2, 0.25) is 0 Å². The first-order chi connectivity index (χ1) is 12.4. The third-order valence-electron chi connectivity index (χ3n) is 7.18. The maximum Gasteiger partial charge on any atom is 0.325 e. The molecule has 7 nitrogen and oxygen atoms in total. The number of hydrogen-bond donors (Lipinski definition) is 2. The number of piperidine rings is 1. The monoisotopic (exact) mass is 362 g/mol. The molecule has 4 unspecified atom stereocenters. The largest absolute Gasteiger partial charge is 0.341 e. The molecular formula is C19H30N4O3. The summed E-state index contributed by atoms with van der Waals surface area (Å²) in [6.07, 6.45) is 7.91. The van der Waals surface area contributed by atoms with Crippen molar-refractivity contribution in [3.05, 3.63) is 0 Å². The van der Waals surface area contributed by atoms with Crippen LogP contribution >= 0.6 is 0 Å². The second kappa shape index (κ2) is 6.51. The Balaban J connectivity index is 1.42. The van der Waals surface area contributed by atoms with Crippen LogP contribution in [-0.4, -0.2) is 64.9 Å². The lowest BCUT2D eigenvalue weighted by atomic mass is 9.73. The highest BCUT2D eigenvalue weighted by Crippen LogP contribution is 2.38. The van der Waals surface area contributed by atoms with E-state index in [1.54, 1.807) is 4.90 Å². The zero-order valence-corrected chi connectivity index (χ0v) is 15.8. The Hall–Kier alpha value is -1.63. The highest BCUT2D eigenvalue weighted by atomic mass is 16.2. The fourth-order valence-corrected chi connectivity index (χ4v) is 5.43. The summed E-state index contributed by atoms with van der Waals surface area (Å²) in [6.45, 7) is 1.88. The number of amides is 4. The van der Waals surface area contributed by atoms with Gasteiger partial charge in [-0.15, -0.1) is 0 Å². The van der Waals surface area contributed by atoms with E-state index < -0.39 is 11.6 Å². The minimum Gasteiger partial charge on any atom is -0.341 e. The van der Waals surface area contributed by atoms with Crippen LogP contribution < -0.4 is 10.6 Å². The summed E-state index contributed by atoms with van der Waals surface area (Å²) in [6, 6.07) is 0.787. The van der Waals surface area contributed by atoms with Crippen molar-refractivity contribution in [3.63, 3.8) is 0 Å². The van der Waals surface area contributed by atoms with Gasteiger partial charge in [0.15, 0.2) is 0 Å². The van der Waals surface area contributed by atoms with E-state index in [9.17, 15) is 14.4 Å². The standard InChI is InChI=1S/C19H30N4O3/c1-12-5-3-4-8-19(12)17(25)23(18(26)21-19)11-16(24)22(2)15-9-13-6-7-14(10-15)20-13/h12-15,20H,3-11H2,1-2H3,(H,21,26). The number of carbonyl (C=O) groups is 3. The summed E-state index contributed by atoms with van der Waals surface area (Å²) in [5.74, 6) is -0.229. The Bertz CT molecular complexity index is 612. The Morgan fingerprint density at radius 1 is 1.19 bits per heavy atom. The molecule has 2 bridgehead atoms. The lowest BCUT2D eigenvalue weighted by Gasteiger charge is -2.37. The molecule has 0 aromatic rings. The van der Waals surface area contributed by atoms with Crippen LogP contribution in [0.3, 0.4) is 0 Å². The summed E-state index contributed by atoms with van der Waals surface area (Å²) in [5, 5.41) is 6.50. The molecule has 1 aliphatic carbocycles. The number of likely N-dealkylation sites (N-methyl/N-ethyl adjacent to an activating group) is 1. The fourth-order valence-electron chi connectivity index (χ4n) is 5.43. The second-order valence-corrected chi connectivity index (χ2v) is 8.71. The van der Waals surface area contributed by atoms with E-state index in [0.717, 1.165) is 37.0 Å².